The van der Waals surface area contributed by atoms with E-state index in [4.69, 9.17) is 8.92 Å². The van der Waals surface area contributed by atoms with Crippen molar-refractivity contribution in [1.29, 1.82) is 0 Å². The lowest BCUT2D eigenvalue weighted by Gasteiger charge is -2.23. The first-order valence-corrected chi connectivity index (χ1v) is 10.1. The van der Waals surface area contributed by atoms with Gasteiger partial charge in [0.15, 0.2) is 0 Å². The molecule has 0 aliphatic carbocycles. The second-order valence-electron chi connectivity index (χ2n) is 6.22. The number of esters is 1. The minimum Gasteiger partial charge on any atom is -0.496 e. The molecule has 0 radical (unpaired) electrons. The first kappa shape index (κ1) is 21.7. The van der Waals surface area contributed by atoms with E-state index >= 15 is 0 Å². The first-order chi connectivity index (χ1) is 13.3. The normalized spacial score (nSPS) is 13.9. The van der Waals surface area contributed by atoms with Crippen LogP contribution in [0.5, 0.6) is 5.75 Å². The number of rotatable bonds is 8. The fourth-order valence-corrected chi connectivity index (χ4v) is 3.83. The van der Waals surface area contributed by atoms with Crippen molar-refractivity contribution >= 4 is 16.1 Å². The lowest BCUT2D eigenvalue weighted by atomic mass is 9.93. The number of methoxy groups -OCH3 is 2. The van der Waals surface area contributed by atoms with Crippen molar-refractivity contribution in [3.8, 4) is 5.75 Å². The zero-order chi connectivity index (χ0) is 20.7. The molecular weight excluding hydrogens is 380 g/mol. The van der Waals surface area contributed by atoms with E-state index in [1.807, 2.05) is 6.92 Å². The second kappa shape index (κ2) is 9.52. The average molecular weight is 404 g/mol. The van der Waals surface area contributed by atoms with Crippen LogP contribution in [0.4, 0.5) is 0 Å². The molecule has 6 nitrogen and oxygen atoms in total. The Morgan fingerprint density at radius 3 is 2.29 bits per heavy atom. The van der Waals surface area contributed by atoms with E-state index < -0.39 is 28.1 Å². The molecular formula is C21H24O6S. The predicted molar refractivity (Wildman–Crippen MR) is 106 cm³/mol. The van der Waals surface area contributed by atoms with Gasteiger partial charge >= 0.3 is 5.97 Å². The topological polar surface area (TPSA) is 78.9 Å². The highest BCUT2D eigenvalue weighted by Gasteiger charge is 2.27. The summed E-state index contributed by atoms with van der Waals surface area (Å²) in [5.41, 5.74) is 1.64. The smallest absolute Gasteiger partial charge is 0.330 e. The van der Waals surface area contributed by atoms with Crippen LogP contribution in [0, 0.1) is 6.92 Å². The minimum atomic E-state index is -3.98. The van der Waals surface area contributed by atoms with Gasteiger partial charge in [0.1, 0.15) is 5.75 Å². The molecule has 2 atom stereocenters. The summed E-state index contributed by atoms with van der Waals surface area (Å²) in [7, 11) is -1.19. The first-order valence-electron chi connectivity index (χ1n) is 8.67. The van der Waals surface area contributed by atoms with Crippen molar-refractivity contribution in [2.24, 2.45) is 0 Å². The lowest BCUT2D eigenvalue weighted by molar-refractivity contribution is -0.134. The second-order valence-corrected chi connectivity index (χ2v) is 7.79. The van der Waals surface area contributed by atoms with Crippen LogP contribution in [0.2, 0.25) is 0 Å². The van der Waals surface area contributed by atoms with Crippen molar-refractivity contribution in [2.45, 2.75) is 30.8 Å². The Kier molecular flexibility index (Phi) is 7.37. The molecule has 0 N–H and O–H groups in total. The monoisotopic (exact) mass is 404 g/mol. The molecule has 0 saturated carbocycles. The molecule has 2 aromatic carbocycles. The van der Waals surface area contributed by atoms with Crippen LogP contribution >= 0.6 is 0 Å². The number of ether oxygens (including phenoxy) is 2. The third-order valence-corrected chi connectivity index (χ3v) is 5.64. The van der Waals surface area contributed by atoms with Crippen molar-refractivity contribution in [3.63, 3.8) is 0 Å². The van der Waals surface area contributed by atoms with E-state index in [-0.39, 0.29) is 4.90 Å². The van der Waals surface area contributed by atoms with Gasteiger partial charge in [-0.1, -0.05) is 42.0 Å². The van der Waals surface area contributed by atoms with E-state index in [0.717, 1.165) is 5.56 Å². The van der Waals surface area contributed by atoms with Gasteiger partial charge in [0, 0.05) is 17.6 Å². The van der Waals surface area contributed by atoms with E-state index in [1.165, 1.54) is 32.4 Å². The quantitative estimate of drug-likeness (QED) is 0.380. The fourth-order valence-electron chi connectivity index (χ4n) is 2.73. The molecule has 0 amide bonds. The van der Waals surface area contributed by atoms with E-state index in [2.05, 4.69) is 4.74 Å². The number of para-hydroxylation sites is 1. The van der Waals surface area contributed by atoms with Crippen molar-refractivity contribution in [1.82, 2.24) is 0 Å². The summed E-state index contributed by atoms with van der Waals surface area (Å²) in [6.07, 6.45) is 2.00. The molecule has 0 spiro atoms. The number of carbonyl (C=O) groups is 1. The molecule has 0 aromatic heterocycles. The summed E-state index contributed by atoms with van der Waals surface area (Å²) in [5.74, 6) is -0.547. The molecule has 2 rings (SSSR count). The van der Waals surface area contributed by atoms with Crippen LogP contribution in [0.15, 0.2) is 65.6 Å². The fraction of sp³-hybridized carbons (Fsp3) is 0.286. The minimum absolute atomic E-state index is 0.0701. The maximum absolute atomic E-state index is 12.7. The van der Waals surface area contributed by atoms with Gasteiger partial charge in [-0.25, -0.2) is 4.79 Å². The van der Waals surface area contributed by atoms with Gasteiger partial charge in [0.05, 0.1) is 25.2 Å². The molecule has 0 unspecified atom stereocenters. The SMILES string of the molecule is COC(=O)/C=C/[C@@H](c1ccccc1OC)[C@H](C)OS(=O)(=O)c1ccc(C)cc1. The molecule has 28 heavy (non-hydrogen) atoms. The van der Waals surface area contributed by atoms with Gasteiger partial charge < -0.3 is 9.47 Å². The van der Waals surface area contributed by atoms with Crippen LogP contribution in [-0.4, -0.2) is 34.7 Å². The summed E-state index contributed by atoms with van der Waals surface area (Å²) >= 11 is 0. The van der Waals surface area contributed by atoms with Crippen LogP contribution in [0.1, 0.15) is 24.0 Å². The van der Waals surface area contributed by atoms with E-state index in [0.29, 0.717) is 11.3 Å². The number of aryl methyl sites for hydroxylation is 1. The molecule has 0 aliphatic heterocycles. The van der Waals surface area contributed by atoms with Gasteiger partial charge in [-0.2, -0.15) is 8.42 Å². The zero-order valence-electron chi connectivity index (χ0n) is 16.3. The maximum atomic E-state index is 12.7. The van der Waals surface area contributed by atoms with Crippen LogP contribution in [0.25, 0.3) is 0 Å². The Bertz CT molecular complexity index is 932. The van der Waals surface area contributed by atoms with Crippen molar-refractivity contribution < 1.29 is 26.9 Å². The Morgan fingerprint density at radius 2 is 1.68 bits per heavy atom. The molecule has 0 fully saturated rings. The van der Waals surface area contributed by atoms with Crippen molar-refractivity contribution in [2.75, 3.05) is 14.2 Å². The van der Waals surface area contributed by atoms with Gasteiger partial charge in [0.25, 0.3) is 10.1 Å². The van der Waals surface area contributed by atoms with E-state index in [1.54, 1.807) is 49.4 Å². The third kappa shape index (κ3) is 5.43. The maximum Gasteiger partial charge on any atom is 0.330 e. The summed E-state index contributed by atoms with van der Waals surface area (Å²) in [5, 5.41) is 0. The summed E-state index contributed by atoms with van der Waals surface area (Å²) in [6.45, 7) is 3.50. The largest absolute Gasteiger partial charge is 0.496 e. The molecule has 0 heterocycles. The highest BCUT2D eigenvalue weighted by molar-refractivity contribution is 7.86. The van der Waals surface area contributed by atoms with Gasteiger partial charge in [-0.3, -0.25) is 4.18 Å². The summed E-state index contributed by atoms with van der Waals surface area (Å²) < 4.78 is 40.8. The highest BCUT2D eigenvalue weighted by Crippen LogP contribution is 2.33. The highest BCUT2D eigenvalue weighted by atomic mass is 32.2. The Morgan fingerprint density at radius 1 is 1.04 bits per heavy atom. The molecule has 7 heteroatoms. The predicted octanol–water partition coefficient (Wildman–Crippen LogP) is 3.61. The number of hydrogen-bond donors (Lipinski definition) is 0. The van der Waals surface area contributed by atoms with Crippen LogP contribution in [-0.2, 0) is 23.8 Å². The summed E-state index contributed by atoms with van der Waals surface area (Å²) in [4.78, 5) is 11.6. The standard InChI is InChI=1S/C21H24O6S/c1-15-9-11-17(12-10-15)28(23,24)27-16(2)18(13-14-21(22)26-4)19-7-5-6-8-20(19)25-3/h5-14,16,18H,1-4H3/b14-13+/t16-,18+/m0/s1. The molecule has 0 bridgehead atoms. The van der Waals surface area contributed by atoms with Gasteiger partial charge in [0.2, 0.25) is 0 Å². The van der Waals surface area contributed by atoms with Crippen LogP contribution in [0.3, 0.4) is 0 Å². The van der Waals surface area contributed by atoms with Gasteiger partial charge in [-0.05, 0) is 32.0 Å². The Labute approximate surface area is 165 Å². The van der Waals surface area contributed by atoms with Gasteiger partial charge in [-0.15, -0.1) is 0 Å². The Balaban J connectivity index is 2.38. The average Bonchev–Trinajstić information content (AvgIpc) is 2.68. The molecule has 0 aliphatic rings. The van der Waals surface area contributed by atoms with E-state index in [9.17, 15) is 13.2 Å². The lowest BCUT2D eigenvalue weighted by Crippen LogP contribution is -2.22. The zero-order valence-corrected chi connectivity index (χ0v) is 17.1. The molecule has 150 valence electrons. The number of benzene rings is 2. The van der Waals surface area contributed by atoms with Crippen LogP contribution < -0.4 is 4.74 Å². The third-order valence-electron chi connectivity index (χ3n) is 4.23. The molecule has 2 aromatic rings. The van der Waals surface area contributed by atoms with Crippen molar-refractivity contribution in [3.05, 3.63) is 71.8 Å². The Hall–Kier alpha value is -2.64. The number of hydrogen-bond acceptors (Lipinski definition) is 6. The number of carbonyl (C=O) groups excluding carboxylic acids is 1. The summed E-state index contributed by atoms with van der Waals surface area (Å²) in [6, 6.07) is 13.6. The molecule has 0 saturated heterocycles.